The van der Waals surface area contributed by atoms with E-state index >= 15 is 0 Å². The van der Waals surface area contributed by atoms with Crippen LogP contribution in [0.5, 0.6) is 0 Å². The number of rotatable bonds is 4. The fourth-order valence-corrected chi connectivity index (χ4v) is 2.79. The molecular formula is C17H14ClN3OS. The Labute approximate surface area is 143 Å². The highest BCUT2D eigenvalue weighted by atomic mass is 35.5. The first-order valence-corrected chi connectivity index (χ1v) is 8.22. The predicted octanol–water partition coefficient (Wildman–Crippen LogP) is 5.10. The molecule has 0 atom stereocenters. The molecule has 23 heavy (non-hydrogen) atoms. The molecule has 0 saturated carbocycles. The van der Waals surface area contributed by atoms with Crippen LogP contribution in [0.2, 0.25) is 5.02 Å². The van der Waals surface area contributed by atoms with Crippen LogP contribution in [-0.2, 0) is 0 Å². The number of hydrogen-bond acceptors (Lipinski definition) is 4. The number of amides is 1. The van der Waals surface area contributed by atoms with Gasteiger partial charge in [0.1, 0.15) is 0 Å². The molecule has 2 aromatic carbocycles. The number of nitrogens with one attached hydrogen (secondary N) is 2. The lowest BCUT2D eigenvalue weighted by Crippen LogP contribution is -2.13. The number of aryl methyl sites for hydroxylation is 1. The smallest absolute Gasteiger partial charge is 0.255 e. The first-order valence-electron chi connectivity index (χ1n) is 6.96. The molecule has 0 unspecified atom stereocenters. The zero-order valence-corrected chi connectivity index (χ0v) is 13.9. The number of carbonyl (C=O) groups excluding carboxylic acids is 1. The van der Waals surface area contributed by atoms with E-state index in [1.165, 1.54) is 11.3 Å². The Kier molecular flexibility index (Phi) is 4.60. The molecule has 0 aliphatic heterocycles. The lowest BCUT2D eigenvalue weighted by molar-refractivity contribution is 0.102. The number of thiazole rings is 1. The van der Waals surface area contributed by atoms with Crippen molar-refractivity contribution in [1.29, 1.82) is 0 Å². The van der Waals surface area contributed by atoms with Gasteiger partial charge in [0.25, 0.3) is 5.91 Å². The maximum atomic E-state index is 12.4. The van der Waals surface area contributed by atoms with Gasteiger partial charge in [-0.2, -0.15) is 0 Å². The molecule has 0 saturated heterocycles. The SMILES string of the molecule is Cc1ccc(Cl)cc1NC(=O)c1cccc(Nc2nccs2)c1. The van der Waals surface area contributed by atoms with E-state index in [1.807, 2.05) is 30.5 Å². The standard InChI is InChI=1S/C17H14ClN3OS/c1-11-5-6-13(18)10-15(11)21-16(22)12-3-2-4-14(9-12)20-17-19-7-8-23-17/h2-10H,1H3,(H,19,20)(H,21,22). The Morgan fingerprint density at radius 3 is 2.87 bits per heavy atom. The molecule has 0 aliphatic carbocycles. The number of halogens is 1. The van der Waals surface area contributed by atoms with E-state index in [9.17, 15) is 4.79 Å². The first-order chi connectivity index (χ1) is 11.1. The summed E-state index contributed by atoms with van der Waals surface area (Å²) in [6, 6.07) is 12.7. The molecule has 0 bridgehead atoms. The molecule has 0 radical (unpaired) electrons. The van der Waals surface area contributed by atoms with Crippen molar-refractivity contribution in [2.75, 3.05) is 10.6 Å². The van der Waals surface area contributed by atoms with E-state index in [4.69, 9.17) is 11.6 Å². The third-order valence-corrected chi connectivity index (χ3v) is 4.18. The highest BCUT2D eigenvalue weighted by Gasteiger charge is 2.09. The van der Waals surface area contributed by atoms with Gasteiger partial charge < -0.3 is 10.6 Å². The van der Waals surface area contributed by atoms with Crippen LogP contribution in [0.3, 0.4) is 0 Å². The fourth-order valence-electron chi connectivity index (χ4n) is 2.07. The van der Waals surface area contributed by atoms with Gasteiger partial charge >= 0.3 is 0 Å². The summed E-state index contributed by atoms with van der Waals surface area (Å²) in [6.07, 6.45) is 1.73. The number of carbonyl (C=O) groups is 1. The summed E-state index contributed by atoms with van der Waals surface area (Å²) in [5.74, 6) is -0.182. The molecule has 116 valence electrons. The molecule has 3 aromatic rings. The number of hydrogen-bond donors (Lipinski definition) is 2. The topological polar surface area (TPSA) is 54.0 Å². The van der Waals surface area contributed by atoms with Crippen molar-refractivity contribution < 1.29 is 4.79 Å². The second kappa shape index (κ2) is 6.81. The zero-order chi connectivity index (χ0) is 16.2. The largest absolute Gasteiger partial charge is 0.332 e. The van der Waals surface area contributed by atoms with Crippen LogP contribution in [0.4, 0.5) is 16.5 Å². The van der Waals surface area contributed by atoms with E-state index in [0.717, 1.165) is 16.4 Å². The van der Waals surface area contributed by atoms with Crippen molar-refractivity contribution in [3.63, 3.8) is 0 Å². The highest BCUT2D eigenvalue weighted by Crippen LogP contribution is 2.22. The summed E-state index contributed by atoms with van der Waals surface area (Å²) in [4.78, 5) is 16.6. The van der Waals surface area contributed by atoms with E-state index < -0.39 is 0 Å². The van der Waals surface area contributed by atoms with Gasteiger partial charge in [-0.05, 0) is 42.8 Å². The zero-order valence-electron chi connectivity index (χ0n) is 12.3. The van der Waals surface area contributed by atoms with Crippen molar-refractivity contribution in [1.82, 2.24) is 4.98 Å². The monoisotopic (exact) mass is 343 g/mol. The van der Waals surface area contributed by atoms with Crippen molar-refractivity contribution in [3.8, 4) is 0 Å². The van der Waals surface area contributed by atoms with Gasteiger partial charge in [0.2, 0.25) is 0 Å². The molecule has 0 fully saturated rings. The minimum absolute atomic E-state index is 0.182. The van der Waals surface area contributed by atoms with E-state index in [0.29, 0.717) is 16.3 Å². The summed E-state index contributed by atoms with van der Waals surface area (Å²) in [5.41, 5.74) is 3.04. The maximum absolute atomic E-state index is 12.4. The van der Waals surface area contributed by atoms with Crippen LogP contribution in [0, 0.1) is 6.92 Å². The average molecular weight is 344 g/mol. The van der Waals surface area contributed by atoms with Gasteiger partial charge in [-0.15, -0.1) is 11.3 Å². The molecule has 1 heterocycles. The normalized spacial score (nSPS) is 10.3. The molecule has 2 N–H and O–H groups in total. The molecule has 3 rings (SSSR count). The van der Waals surface area contributed by atoms with E-state index in [-0.39, 0.29) is 5.91 Å². The third-order valence-electron chi connectivity index (χ3n) is 3.26. The second-order valence-electron chi connectivity index (χ2n) is 4.96. The van der Waals surface area contributed by atoms with E-state index in [1.54, 1.807) is 30.5 Å². The Hall–Kier alpha value is -2.37. The Morgan fingerprint density at radius 1 is 1.22 bits per heavy atom. The summed E-state index contributed by atoms with van der Waals surface area (Å²) in [7, 11) is 0. The van der Waals surface area contributed by atoms with Gasteiger partial charge in [0, 0.05) is 33.5 Å². The fraction of sp³-hybridized carbons (Fsp3) is 0.0588. The minimum atomic E-state index is -0.182. The summed E-state index contributed by atoms with van der Waals surface area (Å²) >= 11 is 7.48. The van der Waals surface area contributed by atoms with Crippen LogP contribution in [0.1, 0.15) is 15.9 Å². The van der Waals surface area contributed by atoms with Crippen molar-refractivity contribution in [2.45, 2.75) is 6.92 Å². The molecule has 0 aliphatic rings. The number of aromatic nitrogens is 1. The van der Waals surface area contributed by atoms with Gasteiger partial charge in [0.05, 0.1) is 0 Å². The molecule has 0 spiro atoms. The summed E-state index contributed by atoms with van der Waals surface area (Å²) in [5, 5.41) is 9.32. The minimum Gasteiger partial charge on any atom is -0.332 e. The molecule has 1 amide bonds. The lowest BCUT2D eigenvalue weighted by Gasteiger charge is -2.10. The van der Waals surface area contributed by atoms with Gasteiger partial charge in [0.15, 0.2) is 5.13 Å². The molecular weight excluding hydrogens is 330 g/mol. The first kappa shape index (κ1) is 15.5. The number of nitrogens with zero attached hydrogens (tertiary/aromatic N) is 1. The van der Waals surface area contributed by atoms with Gasteiger partial charge in [-0.1, -0.05) is 23.7 Å². The van der Waals surface area contributed by atoms with Gasteiger partial charge in [-0.25, -0.2) is 4.98 Å². The van der Waals surface area contributed by atoms with E-state index in [2.05, 4.69) is 15.6 Å². The number of benzene rings is 2. The Balaban J connectivity index is 1.78. The van der Waals surface area contributed by atoms with Crippen LogP contribution in [0.25, 0.3) is 0 Å². The maximum Gasteiger partial charge on any atom is 0.255 e. The van der Waals surface area contributed by atoms with Gasteiger partial charge in [-0.3, -0.25) is 4.79 Å². The predicted molar refractivity (Wildman–Crippen MR) is 96.0 cm³/mol. The third kappa shape index (κ3) is 3.88. The van der Waals surface area contributed by atoms with Crippen LogP contribution in [0.15, 0.2) is 54.0 Å². The Bertz CT molecular complexity index is 834. The second-order valence-corrected chi connectivity index (χ2v) is 6.29. The Morgan fingerprint density at radius 2 is 2.09 bits per heavy atom. The summed E-state index contributed by atoms with van der Waals surface area (Å²) in [6.45, 7) is 1.92. The quantitative estimate of drug-likeness (QED) is 0.692. The summed E-state index contributed by atoms with van der Waals surface area (Å²) < 4.78 is 0. The highest BCUT2D eigenvalue weighted by molar-refractivity contribution is 7.13. The molecule has 4 nitrogen and oxygen atoms in total. The molecule has 6 heteroatoms. The van der Waals surface area contributed by atoms with Crippen molar-refractivity contribution in [3.05, 3.63) is 70.2 Å². The van der Waals surface area contributed by atoms with Crippen molar-refractivity contribution in [2.24, 2.45) is 0 Å². The number of anilines is 3. The van der Waals surface area contributed by atoms with Crippen LogP contribution < -0.4 is 10.6 Å². The lowest BCUT2D eigenvalue weighted by atomic mass is 10.1. The van der Waals surface area contributed by atoms with Crippen molar-refractivity contribution >= 4 is 45.4 Å². The molecule has 1 aromatic heterocycles. The average Bonchev–Trinajstić information content (AvgIpc) is 3.04. The van der Waals surface area contributed by atoms with Crippen LogP contribution >= 0.6 is 22.9 Å². The van der Waals surface area contributed by atoms with Crippen LogP contribution in [-0.4, -0.2) is 10.9 Å².